The van der Waals surface area contributed by atoms with Gasteiger partial charge in [0, 0.05) is 17.6 Å². The summed E-state index contributed by atoms with van der Waals surface area (Å²) in [6.07, 6.45) is 0. The molecule has 0 fully saturated rings. The number of nitrogens with zero attached hydrogens (tertiary/aromatic N) is 1. The standard InChI is InChI=1S/C22H24N2O4/c1-12(2)16-10-15(8-9-19(16)25)11-24-14(4)13(3)20-17(6-5-7-18(20)24)23-21(26)22(27)28/h5-10,12,25H,11H2,1-4H3,(H,23,26)(H,27,28). The number of aryl methyl sites for hydroxylation is 1. The smallest absolute Gasteiger partial charge is 0.394 e. The van der Waals surface area contributed by atoms with Crippen LogP contribution >= 0.6 is 0 Å². The molecular formula is C22H24N2O4. The fourth-order valence-electron chi connectivity index (χ4n) is 3.55. The molecule has 3 aromatic rings. The predicted octanol–water partition coefficient (Wildman–Crippen LogP) is 4.16. The quantitative estimate of drug-likeness (QED) is 0.593. The van der Waals surface area contributed by atoms with Crippen LogP contribution in [0.1, 0.15) is 42.1 Å². The molecule has 2 aromatic carbocycles. The van der Waals surface area contributed by atoms with Crippen molar-refractivity contribution in [3.05, 3.63) is 58.8 Å². The van der Waals surface area contributed by atoms with Crippen LogP contribution in [0.4, 0.5) is 5.69 Å². The van der Waals surface area contributed by atoms with Gasteiger partial charge in [0.15, 0.2) is 0 Å². The van der Waals surface area contributed by atoms with Gasteiger partial charge in [0.05, 0.1) is 11.2 Å². The first-order valence-electron chi connectivity index (χ1n) is 9.15. The lowest BCUT2D eigenvalue weighted by Gasteiger charge is -2.13. The number of carbonyl (C=O) groups is 2. The molecular weight excluding hydrogens is 356 g/mol. The van der Waals surface area contributed by atoms with Gasteiger partial charge in [-0.05, 0) is 54.7 Å². The van der Waals surface area contributed by atoms with E-state index in [0.717, 1.165) is 33.3 Å². The molecule has 0 saturated carbocycles. The summed E-state index contributed by atoms with van der Waals surface area (Å²) in [5.74, 6) is -2.07. The van der Waals surface area contributed by atoms with E-state index in [1.807, 2.05) is 45.9 Å². The molecule has 0 radical (unpaired) electrons. The molecule has 0 bridgehead atoms. The Bertz CT molecular complexity index is 1080. The number of phenolic OH excluding ortho intramolecular Hbond substituents is 1. The monoisotopic (exact) mass is 380 g/mol. The molecule has 1 heterocycles. The van der Waals surface area contributed by atoms with Crippen molar-refractivity contribution in [1.29, 1.82) is 0 Å². The Morgan fingerprint density at radius 3 is 2.50 bits per heavy atom. The Kier molecular flexibility index (Phi) is 5.14. The summed E-state index contributed by atoms with van der Waals surface area (Å²) < 4.78 is 2.14. The second-order valence-electron chi connectivity index (χ2n) is 7.30. The summed E-state index contributed by atoms with van der Waals surface area (Å²) in [5.41, 5.74) is 5.37. The van der Waals surface area contributed by atoms with E-state index >= 15 is 0 Å². The molecule has 3 N–H and O–H groups in total. The van der Waals surface area contributed by atoms with E-state index in [0.29, 0.717) is 18.0 Å². The highest BCUT2D eigenvalue weighted by atomic mass is 16.4. The summed E-state index contributed by atoms with van der Waals surface area (Å²) in [6.45, 7) is 8.64. The van der Waals surface area contributed by atoms with Crippen LogP contribution in [0.15, 0.2) is 36.4 Å². The second-order valence-corrected chi connectivity index (χ2v) is 7.30. The molecule has 0 aliphatic heterocycles. The SMILES string of the molecule is Cc1c(C)n(Cc2ccc(O)c(C(C)C)c2)c2cccc(NC(=O)C(=O)O)c12. The van der Waals surface area contributed by atoms with E-state index in [1.165, 1.54) is 0 Å². The first kappa shape index (κ1) is 19.5. The van der Waals surface area contributed by atoms with Crippen molar-refractivity contribution in [2.75, 3.05) is 5.32 Å². The number of fused-ring (bicyclic) bond motifs is 1. The third-order valence-corrected chi connectivity index (χ3v) is 5.15. The number of hydrogen-bond donors (Lipinski definition) is 3. The van der Waals surface area contributed by atoms with Gasteiger partial charge in [-0.25, -0.2) is 4.79 Å². The topological polar surface area (TPSA) is 91.6 Å². The Hall–Kier alpha value is -3.28. The van der Waals surface area contributed by atoms with E-state index in [-0.39, 0.29) is 5.92 Å². The van der Waals surface area contributed by atoms with Crippen LogP contribution in [0.2, 0.25) is 0 Å². The van der Waals surface area contributed by atoms with E-state index in [1.54, 1.807) is 18.2 Å². The van der Waals surface area contributed by atoms with Crippen LogP contribution in [0.25, 0.3) is 10.9 Å². The number of carbonyl (C=O) groups excluding carboxylic acids is 1. The number of carboxylic acids is 1. The maximum atomic E-state index is 11.6. The number of aromatic hydroxyl groups is 1. The van der Waals surface area contributed by atoms with E-state index in [9.17, 15) is 14.7 Å². The lowest BCUT2D eigenvalue weighted by atomic mass is 9.99. The summed E-state index contributed by atoms with van der Waals surface area (Å²) >= 11 is 0. The largest absolute Gasteiger partial charge is 0.508 e. The van der Waals surface area contributed by atoms with Crippen molar-refractivity contribution in [3.63, 3.8) is 0 Å². The number of nitrogens with one attached hydrogen (secondary N) is 1. The number of rotatable bonds is 4. The Morgan fingerprint density at radius 2 is 1.86 bits per heavy atom. The van der Waals surface area contributed by atoms with Gasteiger partial charge in [-0.3, -0.25) is 4.79 Å². The normalized spacial score (nSPS) is 11.2. The van der Waals surface area contributed by atoms with Crippen LogP contribution < -0.4 is 5.32 Å². The van der Waals surface area contributed by atoms with Crippen molar-refractivity contribution in [1.82, 2.24) is 4.57 Å². The van der Waals surface area contributed by atoms with Gasteiger partial charge in [0.2, 0.25) is 0 Å². The van der Waals surface area contributed by atoms with Gasteiger partial charge < -0.3 is 20.1 Å². The van der Waals surface area contributed by atoms with Crippen LogP contribution in [0.3, 0.4) is 0 Å². The van der Waals surface area contributed by atoms with E-state index in [4.69, 9.17) is 5.11 Å². The van der Waals surface area contributed by atoms with Crippen LogP contribution in [-0.2, 0) is 16.1 Å². The maximum absolute atomic E-state index is 11.6. The van der Waals surface area contributed by atoms with Gasteiger partial charge in [0.25, 0.3) is 0 Å². The average molecular weight is 380 g/mol. The summed E-state index contributed by atoms with van der Waals surface area (Å²) in [7, 11) is 0. The molecule has 0 aliphatic rings. The van der Waals surface area contributed by atoms with Crippen molar-refractivity contribution < 1.29 is 19.8 Å². The Balaban J connectivity index is 2.08. The number of carboxylic acid groups (broad SMARTS) is 1. The number of benzene rings is 2. The lowest BCUT2D eigenvalue weighted by Crippen LogP contribution is -2.21. The molecule has 0 spiro atoms. The molecule has 0 atom stereocenters. The first-order valence-corrected chi connectivity index (χ1v) is 9.15. The van der Waals surface area contributed by atoms with E-state index in [2.05, 4.69) is 9.88 Å². The van der Waals surface area contributed by atoms with Gasteiger partial charge in [-0.1, -0.05) is 32.0 Å². The van der Waals surface area contributed by atoms with Crippen LogP contribution in [-0.4, -0.2) is 26.7 Å². The Labute approximate surface area is 163 Å². The molecule has 1 aromatic heterocycles. The zero-order valence-electron chi connectivity index (χ0n) is 16.4. The molecule has 0 saturated heterocycles. The number of aromatic nitrogens is 1. The third kappa shape index (κ3) is 3.45. The summed E-state index contributed by atoms with van der Waals surface area (Å²) in [5, 5.41) is 22.3. The third-order valence-electron chi connectivity index (χ3n) is 5.15. The molecule has 28 heavy (non-hydrogen) atoms. The highest BCUT2D eigenvalue weighted by Crippen LogP contribution is 2.33. The highest BCUT2D eigenvalue weighted by Gasteiger charge is 2.18. The molecule has 6 nitrogen and oxygen atoms in total. The fourth-order valence-corrected chi connectivity index (χ4v) is 3.55. The van der Waals surface area contributed by atoms with Gasteiger partial charge in [-0.15, -0.1) is 0 Å². The molecule has 0 unspecified atom stereocenters. The number of phenols is 1. The lowest BCUT2D eigenvalue weighted by molar-refractivity contribution is -0.147. The average Bonchev–Trinajstić information content (AvgIpc) is 2.88. The van der Waals surface area contributed by atoms with Crippen molar-refractivity contribution in [2.45, 2.75) is 40.2 Å². The predicted molar refractivity (Wildman–Crippen MR) is 109 cm³/mol. The summed E-state index contributed by atoms with van der Waals surface area (Å²) in [4.78, 5) is 22.6. The van der Waals surface area contributed by atoms with Gasteiger partial charge in [0.1, 0.15) is 5.75 Å². The number of aliphatic carboxylic acids is 1. The number of hydrogen-bond acceptors (Lipinski definition) is 3. The molecule has 3 rings (SSSR count). The zero-order chi connectivity index (χ0) is 20.6. The van der Waals surface area contributed by atoms with Crippen molar-refractivity contribution in [2.24, 2.45) is 0 Å². The molecule has 146 valence electrons. The second kappa shape index (κ2) is 7.38. The van der Waals surface area contributed by atoms with Crippen LogP contribution in [0, 0.1) is 13.8 Å². The fraction of sp³-hybridized carbons (Fsp3) is 0.273. The minimum absolute atomic E-state index is 0.210. The number of anilines is 1. The molecule has 6 heteroatoms. The van der Waals surface area contributed by atoms with Gasteiger partial charge >= 0.3 is 11.9 Å². The minimum Gasteiger partial charge on any atom is -0.508 e. The molecule has 0 aliphatic carbocycles. The zero-order valence-corrected chi connectivity index (χ0v) is 16.4. The van der Waals surface area contributed by atoms with E-state index < -0.39 is 11.9 Å². The maximum Gasteiger partial charge on any atom is 0.394 e. The summed E-state index contributed by atoms with van der Waals surface area (Å²) in [6, 6.07) is 11.1. The van der Waals surface area contributed by atoms with Crippen molar-refractivity contribution in [3.8, 4) is 5.75 Å². The van der Waals surface area contributed by atoms with Crippen LogP contribution in [0.5, 0.6) is 5.75 Å². The minimum atomic E-state index is -1.52. The number of amides is 1. The van der Waals surface area contributed by atoms with Gasteiger partial charge in [-0.2, -0.15) is 0 Å². The van der Waals surface area contributed by atoms with Crippen molar-refractivity contribution >= 4 is 28.5 Å². The highest BCUT2D eigenvalue weighted by molar-refractivity contribution is 6.37. The molecule has 1 amide bonds. The first-order chi connectivity index (χ1) is 13.2. The Morgan fingerprint density at radius 1 is 1.14 bits per heavy atom.